The Morgan fingerprint density at radius 2 is 2.14 bits per heavy atom. The maximum absolute atomic E-state index is 11.4. The van der Waals surface area contributed by atoms with Crippen LogP contribution >= 0.6 is 0 Å². The van der Waals surface area contributed by atoms with Gasteiger partial charge in [-0.3, -0.25) is 9.59 Å². The van der Waals surface area contributed by atoms with Crippen molar-refractivity contribution in [2.45, 2.75) is 26.8 Å². The van der Waals surface area contributed by atoms with Gasteiger partial charge < -0.3 is 10.3 Å². The van der Waals surface area contributed by atoms with E-state index in [9.17, 15) is 9.59 Å². The van der Waals surface area contributed by atoms with Crippen LogP contribution in [0, 0.1) is 6.92 Å². The summed E-state index contributed by atoms with van der Waals surface area (Å²) in [6.07, 6.45) is 0. The topological polar surface area (TPSA) is 87.7 Å². The Morgan fingerprint density at radius 1 is 1.50 bits per heavy atom. The lowest BCUT2D eigenvalue weighted by molar-refractivity contribution is -0.119. The van der Waals surface area contributed by atoms with Gasteiger partial charge >= 0.3 is 0 Å². The van der Waals surface area contributed by atoms with E-state index >= 15 is 0 Å². The third-order valence-corrected chi connectivity index (χ3v) is 1.66. The quantitative estimate of drug-likeness (QED) is 0.678. The minimum atomic E-state index is -0.427. The highest BCUT2D eigenvalue weighted by Gasteiger charge is 2.12. The zero-order chi connectivity index (χ0) is 10.7. The minimum absolute atomic E-state index is 0.209. The highest BCUT2D eigenvalue weighted by Crippen LogP contribution is 2.01. The van der Waals surface area contributed by atoms with Gasteiger partial charge in [0.15, 0.2) is 0 Å². The van der Waals surface area contributed by atoms with E-state index in [4.69, 9.17) is 0 Å². The molecule has 1 amide bonds. The monoisotopic (exact) mass is 196 g/mol. The number of aromatic nitrogens is 3. The molecule has 1 atom stereocenters. The van der Waals surface area contributed by atoms with E-state index in [-0.39, 0.29) is 17.2 Å². The van der Waals surface area contributed by atoms with Gasteiger partial charge in [0.2, 0.25) is 5.91 Å². The van der Waals surface area contributed by atoms with E-state index < -0.39 is 6.04 Å². The van der Waals surface area contributed by atoms with Crippen LogP contribution in [0.25, 0.3) is 0 Å². The first kappa shape index (κ1) is 10.4. The molecule has 1 aromatic heterocycles. The van der Waals surface area contributed by atoms with Crippen LogP contribution in [0.5, 0.6) is 0 Å². The van der Waals surface area contributed by atoms with Crippen molar-refractivity contribution in [2.24, 2.45) is 0 Å². The number of nitrogens with one attached hydrogen (secondary N) is 2. The van der Waals surface area contributed by atoms with Crippen molar-refractivity contribution in [3.05, 3.63) is 21.9 Å². The number of amides is 1. The first-order chi connectivity index (χ1) is 6.50. The van der Waals surface area contributed by atoms with Crippen molar-refractivity contribution in [1.82, 2.24) is 20.5 Å². The third-order valence-electron chi connectivity index (χ3n) is 1.66. The predicted octanol–water partition coefficient (Wildman–Crippen LogP) is -0.330. The van der Waals surface area contributed by atoms with Crippen LogP contribution in [-0.2, 0) is 4.79 Å². The summed E-state index contributed by atoms with van der Waals surface area (Å²) in [5.41, 5.74) is -0.107. The summed E-state index contributed by atoms with van der Waals surface area (Å²) in [6, 6.07) is -0.427. The highest BCUT2D eigenvalue weighted by molar-refractivity contribution is 5.73. The van der Waals surface area contributed by atoms with Gasteiger partial charge in [-0.05, 0) is 13.8 Å². The number of carbonyl (C=O) groups is 1. The van der Waals surface area contributed by atoms with Crippen LogP contribution < -0.4 is 10.9 Å². The first-order valence-corrected chi connectivity index (χ1v) is 4.21. The molecule has 0 aliphatic carbocycles. The van der Waals surface area contributed by atoms with Crippen LogP contribution in [0.2, 0.25) is 0 Å². The molecule has 1 unspecified atom stereocenters. The van der Waals surface area contributed by atoms with E-state index in [0.29, 0.717) is 5.82 Å². The second-order valence-electron chi connectivity index (χ2n) is 3.05. The zero-order valence-corrected chi connectivity index (χ0v) is 8.29. The lowest BCUT2D eigenvalue weighted by Crippen LogP contribution is -2.30. The van der Waals surface area contributed by atoms with Gasteiger partial charge in [-0.25, -0.2) is 0 Å². The van der Waals surface area contributed by atoms with Crippen molar-refractivity contribution in [1.29, 1.82) is 0 Å². The van der Waals surface area contributed by atoms with E-state index in [1.54, 1.807) is 13.8 Å². The van der Waals surface area contributed by atoms with Gasteiger partial charge in [0.25, 0.3) is 5.56 Å². The molecule has 0 fully saturated rings. The van der Waals surface area contributed by atoms with Gasteiger partial charge in [0.1, 0.15) is 11.5 Å². The Bertz CT molecular complexity index is 399. The molecule has 0 aromatic carbocycles. The van der Waals surface area contributed by atoms with Crippen LogP contribution in [0.1, 0.15) is 31.4 Å². The average molecular weight is 196 g/mol. The van der Waals surface area contributed by atoms with Gasteiger partial charge in [0, 0.05) is 6.92 Å². The largest absolute Gasteiger partial charge is 0.348 e. The maximum atomic E-state index is 11.4. The van der Waals surface area contributed by atoms with E-state index in [0.717, 1.165) is 0 Å². The fourth-order valence-electron chi connectivity index (χ4n) is 1.08. The molecular formula is C8H12N4O2. The highest BCUT2D eigenvalue weighted by atomic mass is 16.1. The summed E-state index contributed by atoms with van der Waals surface area (Å²) in [7, 11) is 0. The molecule has 0 bridgehead atoms. The Morgan fingerprint density at radius 3 is 2.64 bits per heavy atom. The van der Waals surface area contributed by atoms with E-state index in [1.165, 1.54) is 6.92 Å². The van der Waals surface area contributed by atoms with Crippen molar-refractivity contribution < 1.29 is 4.79 Å². The Hall–Kier alpha value is -1.72. The fraction of sp³-hybridized carbons (Fsp3) is 0.500. The molecule has 0 aliphatic heterocycles. The minimum Gasteiger partial charge on any atom is -0.348 e. The molecule has 1 aromatic rings. The van der Waals surface area contributed by atoms with Crippen LogP contribution in [0.3, 0.4) is 0 Å². The number of carbonyl (C=O) groups excluding carboxylic acids is 1. The summed E-state index contributed by atoms with van der Waals surface area (Å²) in [4.78, 5) is 24.6. The van der Waals surface area contributed by atoms with Gasteiger partial charge in [-0.2, -0.15) is 0 Å². The smallest absolute Gasteiger partial charge is 0.275 e. The second-order valence-corrected chi connectivity index (χ2v) is 3.05. The summed E-state index contributed by atoms with van der Waals surface area (Å²) in [5, 5.41) is 9.99. The van der Waals surface area contributed by atoms with E-state index in [2.05, 4.69) is 20.5 Å². The van der Waals surface area contributed by atoms with Gasteiger partial charge in [0.05, 0.1) is 6.04 Å². The fourth-order valence-corrected chi connectivity index (χ4v) is 1.08. The molecule has 6 heteroatoms. The number of hydrogen-bond acceptors (Lipinski definition) is 4. The molecule has 76 valence electrons. The van der Waals surface area contributed by atoms with Crippen LogP contribution in [0.15, 0.2) is 4.79 Å². The standard InChI is InChI=1S/C8H12N4O2/c1-4(9-6(3)13)7-8(14)10-5(2)11-12-7/h4H,1-3H3,(H,9,13)(H,10,11,14). The molecule has 14 heavy (non-hydrogen) atoms. The zero-order valence-electron chi connectivity index (χ0n) is 8.29. The third kappa shape index (κ3) is 2.38. The molecule has 1 rings (SSSR count). The lowest BCUT2D eigenvalue weighted by atomic mass is 10.2. The summed E-state index contributed by atoms with van der Waals surface area (Å²) < 4.78 is 0. The lowest BCUT2D eigenvalue weighted by Gasteiger charge is -2.09. The predicted molar refractivity (Wildman–Crippen MR) is 49.6 cm³/mol. The molecule has 0 spiro atoms. The Balaban J connectivity index is 2.96. The molecule has 6 nitrogen and oxygen atoms in total. The SMILES string of the molecule is CC(=O)NC(C)c1nnc(C)[nH]c1=O. The Kier molecular flexibility index (Phi) is 2.95. The van der Waals surface area contributed by atoms with Crippen molar-refractivity contribution in [3.8, 4) is 0 Å². The molecule has 0 saturated heterocycles. The molecular weight excluding hydrogens is 184 g/mol. The Labute approximate surface area is 80.8 Å². The normalized spacial score (nSPS) is 12.2. The van der Waals surface area contributed by atoms with Gasteiger partial charge in [-0.1, -0.05) is 0 Å². The van der Waals surface area contributed by atoms with Crippen LogP contribution in [0.4, 0.5) is 0 Å². The van der Waals surface area contributed by atoms with E-state index in [1.807, 2.05) is 0 Å². The average Bonchev–Trinajstić information content (AvgIpc) is 2.01. The number of hydrogen-bond donors (Lipinski definition) is 2. The second kappa shape index (κ2) is 3.99. The van der Waals surface area contributed by atoms with Crippen molar-refractivity contribution >= 4 is 5.91 Å². The first-order valence-electron chi connectivity index (χ1n) is 4.21. The molecule has 0 radical (unpaired) electrons. The van der Waals surface area contributed by atoms with Crippen molar-refractivity contribution in [3.63, 3.8) is 0 Å². The maximum Gasteiger partial charge on any atom is 0.275 e. The number of aryl methyl sites for hydroxylation is 1. The number of H-pyrrole nitrogens is 1. The summed E-state index contributed by atoms with van der Waals surface area (Å²) in [6.45, 7) is 4.70. The molecule has 0 aliphatic rings. The van der Waals surface area contributed by atoms with Crippen molar-refractivity contribution in [2.75, 3.05) is 0 Å². The number of nitrogens with zero attached hydrogens (tertiary/aromatic N) is 2. The number of aromatic amines is 1. The molecule has 2 N–H and O–H groups in total. The number of rotatable bonds is 2. The summed E-state index contributed by atoms with van der Waals surface area (Å²) in [5.74, 6) is 0.244. The van der Waals surface area contributed by atoms with Crippen LogP contribution in [-0.4, -0.2) is 21.1 Å². The summed E-state index contributed by atoms with van der Waals surface area (Å²) >= 11 is 0. The van der Waals surface area contributed by atoms with Gasteiger partial charge in [-0.15, -0.1) is 10.2 Å². The molecule has 0 saturated carbocycles. The molecule has 1 heterocycles.